The summed E-state index contributed by atoms with van der Waals surface area (Å²) < 4.78 is 34.0. The van der Waals surface area contributed by atoms with Crippen molar-refractivity contribution in [3.8, 4) is 0 Å². The van der Waals surface area contributed by atoms with Crippen LogP contribution in [0.5, 0.6) is 0 Å². The molecule has 1 spiro atoms. The number of hydrogen-bond donors (Lipinski definition) is 1. The van der Waals surface area contributed by atoms with Gasteiger partial charge in [-0.3, -0.25) is 14.4 Å². The Morgan fingerprint density at radius 1 is 1.10 bits per heavy atom. The normalized spacial score (nSPS) is 35.7. The number of amides is 1. The fourth-order valence-electron chi connectivity index (χ4n) is 5.09. The molecule has 0 bridgehead atoms. The molecule has 0 aromatic carbocycles. The third-order valence-electron chi connectivity index (χ3n) is 7.34. The largest absolute Gasteiger partial charge is 0.459 e. The summed E-state index contributed by atoms with van der Waals surface area (Å²) in [5.74, 6) is -0.782. The quantitative estimate of drug-likeness (QED) is 0.190. The Bertz CT molecular complexity index is 970. The van der Waals surface area contributed by atoms with Crippen molar-refractivity contribution in [1.29, 1.82) is 0 Å². The molecule has 10 heteroatoms. The van der Waals surface area contributed by atoms with Crippen LogP contribution in [0.4, 0.5) is 0 Å². The monoisotopic (exact) mass is 549 g/mol. The van der Waals surface area contributed by atoms with E-state index in [0.717, 1.165) is 18.4 Å². The predicted octanol–water partition coefficient (Wildman–Crippen LogP) is 3.15. The van der Waals surface area contributed by atoms with E-state index in [1.807, 2.05) is 26.0 Å². The van der Waals surface area contributed by atoms with Crippen molar-refractivity contribution in [2.24, 2.45) is 5.92 Å². The minimum absolute atomic E-state index is 0.0109. The second-order valence-electron chi connectivity index (χ2n) is 10.8. The van der Waals surface area contributed by atoms with E-state index < -0.39 is 36.2 Å². The average molecular weight is 550 g/mol. The molecular formula is C29H43NO9. The topological polar surface area (TPSA) is 122 Å². The second-order valence-corrected chi connectivity index (χ2v) is 10.8. The van der Waals surface area contributed by atoms with Crippen LogP contribution in [-0.4, -0.2) is 80.0 Å². The molecule has 9 atom stereocenters. The number of ether oxygens (including phenoxy) is 6. The first-order valence-corrected chi connectivity index (χ1v) is 13.6. The van der Waals surface area contributed by atoms with Gasteiger partial charge in [-0.1, -0.05) is 30.7 Å². The molecule has 0 saturated carbocycles. The van der Waals surface area contributed by atoms with Crippen LogP contribution in [0, 0.1) is 5.92 Å². The maximum absolute atomic E-state index is 12.4. The molecule has 3 saturated heterocycles. The molecule has 3 heterocycles. The molecule has 39 heavy (non-hydrogen) atoms. The number of allylic oxidation sites excluding steroid dienone is 2. The van der Waals surface area contributed by atoms with Gasteiger partial charge in [0.05, 0.1) is 24.9 Å². The van der Waals surface area contributed by atoms with E-state index in [1.54, 1.807) is 20.1 Å². The zero-order chi connectivity index (χ0) is 28.7. The highest BCUT2D eigenvalue weighted by atomic mass is 16.7. The first kappa shape index (κ1) is 31.0. The molecule has 1 N–H and O–H groups in total. The number of esters is 2. The molecule has 3 aliphatic heterocycles. The predicted molar refractivity (Wildman–Crippen MR) is 142 cm³/mol. The van der Waals surface area contributed by atoms with Crippen LogP contribution in [0.3, 0.4) is 0 Å². The van der Waals surface area contributed by atoms with Crippen molar-refractivity contribution in [2.45, 2.75) is 109 Å². The van der Waals surface area contributed by atoms with E-state index in [0.29, 0.717) is 13.0 Å². The molecule has 0 unspecified atom stereocenters. The highest BCUT2D eigenvalue weighted by molar-refractivity contribution is 5.87. The van der Waals surface area contributed by atoms with Crippen molar-refractivity contribution in [3.05, 3.63) is 36.0 Å². The molecule has 0 aliphatic carbocycles. The lowest BCUT2D eigenvalue weighted by Gasteiger charge is -2.39. The van der Waals surface area contributed by atoms with Gasteiger partial charge in [-0.15, -0.1) is 0 Å². The van der Waals surface area contributed by atoms with E-state index >= 15 is 0 Å². The van der Waals surface area contributed by atoms with E-state index in [-0.39, 0.29) is 36.0 Å². The molecule has 3 fully saturated rings. The zero-order valence-electron chi connectivity index (χ0n) is 24.0. The summed E-state index contributed by atoms with van der Waals surface area (Å²) in [6.07, 6.45) is 8.87. The number of carbonyl (C=O) groups excluding carboxylic acids is 3. The van der Waals surface area contributed by atoms with Crippen molar-refractivity contribution in [2.75, 3.05) is 13.7 Å². The Morgan fingerprint density at radius 3 is 2.44 bits per heavy atom. The Morgan fingerprint density at radius 2 is 1.82 bits per heavy atom. The maximum atomic E-state index is 12.4. The Kier molecular flexibility index (Phi) is 10.9. The van der Waals surface area contributed by atoms with Crippen molar-refractivity contribution >= 4 is 17.8 Å². The molecule has 0 aromatic rings. The molecule has 3 rings (SSSR count). The molecule has 10 nitrogen and oxygen atoms in total. The van der Waals surface area contributed by atoms with Gasteiger partial charge in [-0.25, -0.2) is 0 Å². The van der Waals surface area contributed by atoms with Gasteiger partial charge in [0.1, 0.15) is 17.8 Å². The lowest BCUT2D eigenvalue weighted by Crippen LogP contribution is -2.52. The van der Waals surface area contributed by atoms with Crippen LogP contribution < -0.4 is 5.32 Å². The molecule has 1 amide bonds. The van der Waals surface area contributed by atoms with E-state index in [2.05, 4.69) is 18.3 Å². The van der Waals surface area contributed by atoms with Gasteiger partial charge in [0.2, 0.25) is 5.91 Å². The highest BCUT2D eigenvalue weighted by Gasteiger charge is 2.61. The number of nitrogens with one attached hydrogen (secondary N) is 1. The summed E-state index contributed by atoms with van der Waals surface area (Å²) in [6, 6.07) is -0.116. The lowest BCUT2D eigenvalue weighted by atomic mass is 9.88. The van der Waals surface area contributed by atoms with Crippen LogP contribution in [0.25, 0.3) is 0 Å². The number of epoxide rings is 1. The fourth-order valence-corrected chi connectivity index (χ4v) is 5.09. The zero-order valence-corrected chi connectivity index (χ0v) is 24.0. The van der Waals surface area contributed by atoms with Gasteiger partial charge in [-0.2, -0.15) is 0 Å². The summed E-state index contributed by atoms with van der Waals surface area (Å²) in [4.78, 5) is 35.1. The van der Waals surface area contributed by atoms with E-state index in [1.165, 1.54) is 19.9 Å². The first-order chi connectivity index (χ1) is 18.4. The standard InChI is InChI=1S/C29H43NO9/c1-17(9-12-25-28(38-22(6)32)29(16-35-29)15-27(34-7)39-25)8-11-24-18(2)14-23(20(4)37-24)30-26(33)13-10-19(3)36-21(5)31/h8-10,12-13,18-20,23-25,27-28H,11,14-16H2,1-7H3,(H,30,33)/b12-9+,13-10-,17-8+/t18-,19-,20+,23+,24-,25+,27-,28+,29+/m0/s1. The van der Waals surface area contributed by atoms with Crippen molar-refractivity contribution in [3.63, 3.8) is 0 Å². The van der Waals surface area contributed by atoms with Crippen LogP contribution in [0.15, 0.2) is 36.0 Å². The van der Waals surface area contributed by atoms with E-state index in [9.17, 15) is 14.4 Å². The van der Waals surface area contributed by atoms with Gasteiger partial charge in [0, 0.05) is 33.5 Å². The summed E-state index contributed by atoms with van der Waals surface area (Å²) in [5, 5.41) is 3.00. The molecular weight excluding hydrogens is 506 g/mol. The highest BCUT2D eigenvalue weighted by Crippen LogP contribution is 2.44. The van der Waals surface area contributed by atoms with Crippen LogP contribution in [0.1, 0.15) is 60.8 Å². The van der Waals surface area contributed by atoms with Crippen LogP contribution >= 0.6 is 0 Å². The van der Waals surface area contributed by atoms with E-state index in [4.69, 9.17) is 28.4 Å². The summed E-state index contributed by atoms with van der Waals surface area (Å²) in [7, 11) is 1.59. The van der Waals surface area contributed by atoms with Gasteiger partial charge >= 0.3 is 11.9 Å². The number of methoxy groups -OCH3 is 1. The van der Waals surface area contributed by atoms with Gasteiger partial charge in [-0.05, 0) is 45.6 Å². The summed E-state index contributed by atoms with van der Waals surface area (Å²) in [6.45, 7) is 11.0. The Labute approximate surface area is 231 Å². The van der Waals surface area contributed by atoms with Gasteiger partial charge in [0.15, 0.2) is 12.4 Å². The SMILES string of the molecule is CO[C@@H]1C[C@@]2(CO2)[C@H](OC(C)=O)[C@@H](/C=C/C(C)=C/C[C@@H]2O[C@H](C)[C@H](NC(=O)/C=C\[C@H](C)OC(C)=O)C[C@@H]2C)O1. The Balaban J connectivity index is 1.53. The minimum atomic E-state index is -0.555. The smallest absolute Gasteiger partial charge is 0.303 e. The van der Waals surface area contributed by atoms with Crippen LogP contribution in [-0.2, 0) is 42.8 Å². The molecule has 218 valence electrons. The third-order valence-corrected chi connectivity index (χ3v) is 7.34. The number of hydrogen-bond acceptors (Lipinski definition) is 9. The average Bonchev–Trinajstić information content (AvgIpc) is 3.63. The van der Waals surface area contributed by atoms with Crippen molar-refractivity contribution < 1.29 is 42.8 Å². The fraction of sp³-hybridized carbons (Fsp3) is 0.690. The van der Waals surface area contributed by atoms with Gasteiger partial charge < -0.3 is 33.7 Å². The number of rotatable bonds is 10. The molecule has 0 aromatic heterocycles. The maximum Gasteiger partial charge on any atom is 0.303 e. The first-order valence-electron chi connectivity index (χ1n) is 13.6. The summed E-state index contributed by atoms with van der Waals surface area (Å²) >= 11 is 0. The molecule has 0 radical (unpaired) electrons. The third kappa shape index (κ3) is 8.99. The summed E-state index contributed by atoms with van der Waals surface area (Å²) in [5.41, 5.74) is 0.470. The van der Waals surface area contributed by atoms with Crippen molar-refractivity contribution in [1.82, 2.24) is 5.32 Å². The minimum Gasteiger partial charge on any atom is -0.459 e. The number of carbonyl (C=O) groups is 3. The lowest BCUT2D eigenvalue weighted by molar-refractivity contribution is -0.228. The van der Waals surface area contributed by atoms with Crippen LogP contribution in [0.2, 0.25) is 0 Å². The molecule has 3 aliphatic rings. The Hall–Kier alpha value is -2.53. The second kappa shape index (κ2) is 13.7. The van der Waals surface area contributed by atoms with Gasteiger partial charge in [0.25, 0.3) is 0 Å².